The minimum Gasteiger partial charge on any atom is -0.383 e. The van der Waals surface area contributed by atoms with Crippen molar-refractivity contribution in [2.24, 2.45) is 0 Å². The Kier molecular flexibility index (Phi) is 6.53. The number of hydrogen-bond donors (Lipinski definition) is 1. The summed E-state index contributed by atoms with van der Waals surface area (Å²) < 4.78 is 35.9. The first-order valence-corrected chi connectivity index (χ1v) is 14.1. The van der Waals surface area contributed by atoms with Gasteiger partial charge in [0.1, 0.15) is 5.82 Å². The molecule has 8 nitrogen and oxygen atoms in total. The van der Waals surface area contributed by atoms with Crippen LogP contribution in [0.3, 0.4) is 0 Å². The quantitative estimate of drug-likeness (QED) is 0.305. The molecule has 0 spiro atoms. The summed E-state index contributed by atoms with van der Waals surface area (Å²) in [6.45, 7) is 8.71. The molecule has 1 N–H and O–H groups in total. The number of methoxy groups -OCH3 is 1. The SMILES string of the molecule is CCn1c2ccccc2c2cc(-c3nc4cc(C(=O)NS(=O)(=O)C(C)(C)C)ccc4n3CCOC)ccc21. The van der Waals surface area contributed by atoms with Crippen LogP contribution in [0.4, 0.5) is 0 Å². The highest BCUT2D eigenvalue weighted by Gasteiger charge is 2.31. The number of carbonyl (C=O) groups is 1. The number of amides is 1. The van der Waals surface area contributed by atoms with E-state index in [0.29, 0.717) is 18.7 Å². The highest BCUT2D eigenvalue weighted by atomic mass is 32.2. The molecule has 3 aromatic carbocycles. The first-order chi connectivity index (χ1) is 18.1. The van der Waals surface area contributed by atoms with Gasteiger partial charge in [0.15, 0.2) is 0 Å². The van der Waals surface area contributed by atoms with Crippen molar-refractivity contribution in [3.05, 3.63) is 66.2 Å². The zero-order chi connectivity index (χ0) is 27.2. The largest absolute Gasteiger partial charge is 0.383 e. The second-order valence-electron chi connectivity index (χ2n) is 10.3. The van der Waals surface area contributed by atoms with Crippen LogP contribution >= 0.6 is 0 Å². The molecular formula is C29H32N4O4S. The van der Waals surface area contributed by atoms with E-state index in [1.807, 2.05) is 6.07 Å². The molecule has 0 bridgehead atoms. The fraction of sp³-hybridized carbons (Fsp3) is 0.310. The van der Waals surface area contributed by atoms with Crippen LogP contribution in [-0.4, -0.2) is 46.9 Å². The summed E-state index contributed by atoms with van der Waals surface area (Å²) in [5.41, 5.74) is 4.98. The molecule has 0 saturated carbocycles. The van der Waals surface area contributed by atoms with E-state index in [1.54, 1.807) is 40.0 Å². The lowest BCUT2D eigenvalue weighted by Crippen LogP contribution is -2.42. The molecule has 0 unspecified atom stereocenters. The number of rotatable bonds is 7. The summed E-state index contributed by atoms with van der Waals surface area (Å²) in [6.07, 6.45) is 0. The van der Waals surface area contributed by atoms with Crippen LogP contribution in [-0.2, 0) is 27.8 Å². The van der Waals surface area contributed by atoms with Crippen LogP contribution in [0, 0.1) is 0 Å². The molecule has 5 rings (SSSR count). The highest BCUT2D eigenvalue weighted by Crippen LogP contribution is 2.33. The van der Waals surface area contributed by atoms with Crippen molar-refractivity contribution >= 4 is 48.8 Å². The number of hydrogen-bond acceptors (Lipinski definition) is 5. The lowest BCUT2D eigenvalue weighted by atomic mass is 10.1. The van der Waals surface area contributed by atoms with Crippen molar-refractivity contribution in [3.63, 3.8) is 0 Å². The lowest BCUT2D eigenvalue weighted by molar-refractivity contribution is 0.0980. The molecule has 1 amide bonds. The number of ether oxygens (including phenoxy) is 1. The third kappa shape index (κ3) is 4.35. The van der Waals surface area contributed by atoms with Gasteiger partial charge in [-0.2, -0.15) is 0 Å². The summed E-state index contributed by atoms with van der Waals surface area (Å²) in [7, 11) is -2.18. The Morgan fingerprint density at radius 2 is 1.66 bits per heavy atom. The van der Waals surface area contributed by atoms with E-state index < -0.39 is 20.7 Å². The average Bonchev–Trinajstić information content (AvgIpc) is 3.40. The van der Waals surface area contributed by atoms with E-state index in [0.717, 1.165) is 34.4 Å². The summed E-state index contributed by atoms with van der Waals surface area (Å²) >= 11 is 0. The van der Waals surface area contributed by atoms with Gasteiger partial charge in [-0.3, -0.25) is 4.79 Å². The van der Waals surface area contributed by atoms with E-state index >= 15 is 0 Å². The Bertz CT molecular complexity index is 1790. The molecule has 2 aromatic heterocycles. The van der Waals surface area contributed by atoms with Crippen LogP contribution in [0.15, 0.2) is 60.7 Å². The first kappa shape index (κ1) is 25.9. The summed E-state index contributed by atoms with van der Waals surface area (Å²) in [5.74, 6) is 0.0794. The number of nitrogens with one attached hydrogen (secondary N) is 1. The second-order valence-corrected chi connectivity index (χ2v) is 12.8. The molecule has 0 radical (unpaired) electrons. The van der Waals surface area contributed by atoms with E-state index in [4.69, 9.17) is 9.72 Å². The van der Waals surface area contributed by atoms with E-state index in [9.17, 15) is 13.2 Å². The van der Waals surface area contributed by atoms with Crippen molar-refractivity contribution in [3.8, 4) is 11.4 Å². The van der Waals surface area contributed by atoms with Crippen LogP contribution in [0.5, 0.6) is 0 Å². The monoisotopic (exact) mass is 532 g/mol. The zero-order valence-electron chi connectivity index (χ0n) is 22.3. The van der Waals surface area contributed by atoms with E-state index in [1.165, 1.54) is 10.9 Å². The summed E-state index contributed by atoms with van der Waals surface area (Å²) in [6, 6.07) is 19.8. The van der Waals surface area contributed by atoms with E-state index in [2.05, 4.69) is 63.2 Å². The van der Waals surface area contributed by atoms with Gasteiger partial charge in [-0.25, -0.2) is 18.1 Å². The van der Waals surface area contributed by atoms with Gasteiger partial charge in [0.25, 0.3) is 5.91 Å². The maximum atomic E-state index is 12.8. The van der Waals surface area contributed by atoms with Gasteiger partial charge in [0, 0.05) is 53.1 Å². The predicted octanol–water partition coefficient (Wildman–Crippen LogP) is 5.34. The van der Waals surface area contributed by atoms with Gasteiger partial charge in [-0.05, 0) is 70.2 Å². The number of aryl methyl sites for hydroxylation is 1. The molecule has 0 fully saturated rings. The van der Waals surface area contributed by atoms with Crippen LogP contribution in [0.1, 0.15) is 38.1 Å². The maximum Gasteiger partial charge on any atom is 0.264 e. The van der Waals surface area contributed by atoms with Crippen molar-refractivity contribution in [2.45, 2.75) is 45.5 Å². The topological polar surface area (TPSA) is 95.2 Å². The molecule has 0 aliphatic heterocycles. The number of benzene rings is 3. The fourth-order valence-corrected chi connectivity index (χ4v) is 5.44. The molecule has 0 aliphatic rings. The van der Waals surface area contributed by atoms with Crippen molar-refractivity contribution in [1.82, 2.24) is 18.8 Å². The fourth-order valence-electron chi connectivity index (χ4n) is 4.77. The molecular weight excluding hydrogens is 500 g/mol. The third-order valence-corrected chi connectivity index (χ3v) is 8.98. The highest BCUT2D eigenvalue weighted by molar-refractivity contribution is 7.91. The number of imidazole rings is 1. The Morgan fingerprint density at radius 3 is 2.37 bits per heavy atom. The van der Waals surface area contributed by atoms with Crippen LogP contribution < -0.4 is 4.72 Å². The molecule has 0 atom stereocenters. The minimum absolute atomic E-state index is 0.231. The molecule has 38 heavy (non-hydrogen) atoms. The molecule has 0 saturated heterocycles. The van der Waals surface area contributed by atoms with Crippen molar-refractivity contribution in [2.75, 3.05) is 13.7 Å². The summed E-state index contributed by atoms with van der Waals surface area (Å²) in [4.78, 5) is 17.7. The van der Waals surface area contributed by atoms with Crippen molar-refractivity contribution in [1.29, 1.82) is 0 Å². The number of fused-ring (bicyclic) bond motifs is 4. The third-order valence-electron chi connectivity index (χ3n) is 6.91. The maximum absolute atomic E-state index is 12.8. The first-order valence-electron chi connectivity index (χ1n) is 12.6. The molecule has 2 heterocycles. The Balaban J connectivity index is 1.63. The van der Waals surface area contributed by atoms with Gasteiger partial charge in [-0.15, -0.1) is 0 Å². The normalized spacial score (nSPS) is 12.6. The Morgan fingerprint density at radius 1 is 0.947 bits per heavy atom. The molecule has 0 aliphatic carbocycles. The lowest BCUT2D eigenvalue weighted by Gasteiger charge is -2.19. The smallest absolute Gasteiger partial charge is 0.264 e. The zero-order valence-corrected chi connectivity index (χ0v) is 23.1. The molecule has 5 aromatic rings. The van der Waals surface area contributed by atoms with Crippen LogP contribution in [0.2, 0.25) is 0 Å². The van der Waals surface area contributed by atoms with E-state index in [-0.39, 0.29) is 5.56 Å². The van der Waals surface area contributed by atoms with Gasteiger partial charge < -0.3 is 13.9 Å². The predicted molar refractivity (Wildman–Crippen MR) is 152 cm³/mol. The Hall–Kier alpha value is -3.69. The second kappa shape index (κ2) is 9.56. The van der Waals surface area contributed by atoms with Gasteiger partial charge in [-0.1, -0.05) is 18.2 Å². The molecule has 9 heteroatoms. The number of nitrogens with zero attached hydrogens (tertiary/aromatic N) is 3. The van der Waals surface area contributed by atoms with Crippen molar-refractivity contribution < 1.29 is 17.9 Å². The van der Waals surface area contributed by atoms with Crippen LogP contribution in [0.25, 0.3) is 44.2 Å². The minimum atomic E-state index is -3.84. The van der Waals surface area contributed by atoms with Gasteiger partial charge in [0.05, 0.1) is 22.4 Å². The standard InChI is InChI=1S/C29H32N4O4S/c1-6-32-24-10-8-7-9-21(24)22-17-19(11-13-25(22)32)27-30-23-18-20(12-14-26(23)33(27)15-16-37-5)28(34)31-38(35,36)29(2,3)4/h7-14,17-18H,6,15-16H2,1-5H3,(H,31,34). The number of aromatic nitrogens is 3. The number of sulfonamides is 1. The van der Waals surface area contributed by atoms with Gasteiger partial charge >= 0.3 is 0 Å². The Labute approximate surface area is 222 Å². The number of carbonyl (C=O) groups excluding carboxylic acids is 1. The average molecular weight is 533 g/mol. The number of para-hydroxylation sites is 1. The molecule has 198 valence electrons. The summed E-state index contributed by atoms with van der Waals surface area (Å²) in [5, 5.41) is 2.34. The van der Waals surface area contributed by atoms with Gasteiger partial charge in [0.2, 0.25) is 10.0 Å².